The van der Waals surface area contributed by atoms with Gasteiger partial charge in [-0.1, -0.05) is 19.9 Å². The molecule has 1 saturated heterocycles. The Morgan fingerprint density at radius 1 is 1.33 bits per heavy atom. The van der Waals surface area contributed by atoms with Gasteiger partial charge in [-0.05, 0) is 25.3 Å². The number of nitrogens with zero attached hydrogens (tertiary/aromatic N) is 3. The SMILES string of the molecule is CCOc1ncccc1CNC(=NC)NCC(CC(C)C)N1CCOCC1. The van der Waals surface area contributed by atoms with E-state index in [1.54, 1.807) is 13.2 Å². The van der Waals surface area contributed by atoms with Crippen LogP contribution < -0.4 is 15.4 Å². The lowest BCUT2D eigenvalue weighted by atomic mass is 10.0. The number of nitrogens with one attached hydrogen (secondary N) is 2. The minimum atomic E-state index is 0.477. The molecule has 0 aromatic carbocycles. The molecule has 1 aliphatic heterocycles. The zero-order valence-electron chi connectivity index (χ0n) is 17.2. The van der Waals surface area contributed by atoms with E-state index in [9.17, 15) is 0 Å². The van der Waals surface area contributed by atoms with Crippen LogP contribution in [0.25, 0.3) is 0 Å². The molecule has 152 valence electrons. The fourth-order valence-electron chi connectivity index (χ4n) is 3.29. The maximum Gasteiger partial charge on any atom is 0.218 e. The highest BCUT2D eigenvalue weighted by Crippen LogP contribution is 2.14. The van der Waals surface area contributed by atoms with Gasteiger partial charge in [0, 0.05) is 51.0 Å². The second kappa shape index (κ2) is 11.8. The zero-order chi connectivity index (χ0) is 19.5. The molecule has 2 heterocycles. The summed E-state index contributed by atoms with van der Waals surface area (Å²) in [5.41, 5.74) is 1.02. The third kappa shape index (κ3) is 7.34. The molecule has 7 heteroatoms. The van der Waals surface area contributed by atoms with Crippen LogP contribution in [0.5, 0.6) is 5.88 Å². The summed E-state index contributed by atoms with van der Waals surface area (Å²) in [5.74, 6) is 2.12. The molecule has 1 aromatic heterocycles. The monoisotopic (exact) mass is 377 g/mol. The van der Waals surface area contributed by atoms with E-state index in [2.05, 4.69) is 39.4 Å². The van der Waals surface area contributed by atoms with Crippen LogP contribution in [0.1, 0.15) is 32.8 Å². The van der Waals surface area contributed by atoms with E-state index in [1.807, 2.05) is 19.1 Å². The van der Waals surface area contributed by atoms with Crippen molar-refractivity contribution >= 4 is 5.96 Å². The molecule has 0 aliphatic carbocycles. The topological polar surface area (TPSA) is 71.0 Å². The Bertz CT molecular complexity index is 573. The highest BCUT2D eigenvalue weighted by atomic mass is 16.5. The Kier molecular flexibility index (Phi) is 9.35. The fourth-order valence-corrected chi connectivity index (χ4v) is 3.29. The van der Waals surface area contributed by atoms with Crippen LogP contribution >= 0.6 is 0 Å². The standard InChI is InChI=1S/C20H35N5O2/c1-5-27-19-17(7-6-8-22-19)14-23-20(21-4)24-15-18(13-16(2)3)25-9-11-26-12-10-25/h6-8,16,18H,5,9-15H2,1-4H3,(H2,21,23,24). The van der Waals surface area contributed by atoms with Crippen LogP contribution in [0.2, 0.25) is 0 Å². The summed E-state index contributed by atoms with van der Waals surface area (Å²) >= 11 is 0. The molecule has 0 radical (unpaired) electrons. The van der Waals surface area contributed by atoms with Crippen LogP contribution in [0.4, 0.5) is 0 Å². The van der Waals surface area contributed by atoms with Crippen LogP contribution in [0.3, 0.4) is 0 Å². The molecule has 0 bridgehead atoms. The number of rotatable bonds is 9. The zero-order valence-corrected chi connectivity index (χ0v) is 17.2. The Morgan fingerprint density at radius 2 is 2.11 bits per heavy atom. The maximum absolute atomic E-state index is 5.59. The molecule has 27 heavy (non-hydrogen) atoms. The van der Waals surface area contributed by atoms with Gasteiger partial charge in [-0.2, -0.15) is 0 Å². The predicted molar refractivity (Wildman–Crippen MR) is 109 cm³/mol. The molecule has 2 N–H and O–H groups in total. The van der Waals surface area contributed by atoms with Crippen LogP contribution in [-0.4, -0.2) is 68.4 Å². The molecule has 1 unspecified atom stereocenters. The van der Waals surface area contributed by atoms with Gasteiger partial charge >= 0.3 is 0 Å². The first-order chi connectivity index (χ1) is 13.1. The van der Waals surface area contributed by atoms with Crippen molar-refractivity contribution in [1.82, 2.24) is 20.5 Å². The third-order valence-corrected chi connectivity index (χ3v) is 4.61. The molecule has 2 rings (SSSR count). The van der Waals surface area contributed by atoms with Gasteiger partial charge in [0.15, 0.2) is 5.96 Å². The van der Waals surface area contributed by atoms with E-state index in [1.165, 1.54) is 0 Å². The third-order valence-electron chi connectivity index (χ3n) is 4.61. The van der Waals surface area contributed by atoms with Gasteiger partial charge in [-0.3, -0.25) is 9.89 Å². The highest BCUT2D eigenvalue weighted by molar-refractivity contribution is 5.79. The maximum atomic E-state index is 5.59. The fraction of sp³-hybridized carbons (Fsp3) is 0.700. The molecule has 7 nitrogen and oxygen atoms in total. The Morgan fingerprint density at radius 3 is 2.78 bits per heavy atom. The van der Waals surface area contributed by atoms with Gasteiger partial charge in [-0.25, -0.2) is 4.98 Å². The van der Waals surface area contributed by atoms with Gasteiger partial charge in [0.05, 0.1) is 19.8 Å². The van der Waals surface area contributed by atoms with E-state index in [-0.39, 0.29) is 0 Å². The summed E-state index contributed by atoms with van der Waals surface area (Å²) in [6.45, 7) is 12.2. The van der Waals surface area contributed by atoms with Crippen molar-refractivity contribution < 1.29 is 9.47 Å². The molecule has 1 fully saturated rings. The lowest BCUT2D eigenvalue weighted by Crippen LogP contribution is -2.51. The molecule has 1 aliphatic rings. The summed E-state index contributed by atoms with van der Waals surface area (Å²) in [6.07, 6.45) is 2.90. The van der Waals surface area contributed by atoms with E-state index < -0.39 is 0 Å². The number of aliphatic imine (C=N–C) groups is 1. The summed E-state index contributed by atoms with van der Waals surface area (Å²) in [4.78, 5) is 11.2. The van der Waals surface area contributed by atoms with Crippen LogP contribution in [0.15, 0.2) is 23.3 Å². The van der Waals surface area contributed by atoms with Gasteiger partial charge in [0.1, 0.15) is 0 Å². The van der Waals surface area contributed by atoms with Crippen molar-refractivity contribution in [2.24, 2.45) is 10.9 Å². The number of guanidine groups is 1. The van der Waals surface area contributed by atoms with Crippen molar-refractivity contribution in [3.05, 3.63) is 23.9 Å². The summed E-state index contributed by atoms with van der Waals surface area (Å²) in [6, 6.07) is 4.42. The van der Waals surface area contributed by atoms with E-state index in [0.29, 0.717) is 31.0 Å². The minimum absolute atomic E-state index is 0.477. The van der Waals surface area contributed by atoms with Crippen LogP contribution in [-0.2, 0) is 11.3 Å². The molecular formula is C20H35N5O2. The van der Waals surface area contributed by atoms with Gasteiger partial charge in [0.2, 0.25) is 5.88 Å². The molecule has 0 spiro atoms. The first-order valence-electron chi connectivity index (χ1n) is 9.97. The molecule has 0 amide bonds. The number of hydrogen-bond acceptors (Lipinski definition) is 5. The van der Waals surface area contributed by atoms with Gasteiger partial charge in [-0.15, -0.1) is 0 Å². The largest absolute Gasteiger partial charge is 0.478 e. The number of ether oxygens (including phenoxy) is 2. The summed E-state index contributed by atoms with van der Waals surface area (Å²) in [5, 5.41) is 6.86. The van der Waals surface area contributed by atoms with Gasteiger partial charge in [0.25, 0.3) is 0 Å². The second-order valence-electron chi connectivity index (χ2n) is 7.14. The quantitative estimate of drug-likeness (QED) is 0.506. The van der Waals surface area contributed by atoms with E-state index in [4.69, 9.17) is 9.47 Å². The highest BCUT2D eigenvalue weighted by Gasteiger charge is 2.22. The summed E-state index contributed by atoms with van der Waals surface area (Å²) in [7, 11) is 1.80. The van der Waals surface area contributed by atoms with E-state index in [0.717, 1.165) is 50.8 Å². The molecule has 0 saturated carbocycles. The van der Waals surface area contributed by atoms with Gasteiger partial charge < -0.3 is 20.1 Å². The first kappa shape index (κ1) is 21.4. The second-order valence-corrected chi connectivity index (χ2v) is 7.14. The van der Waals surface area contributed by atoms with Crippen LogP contribution in [0, 0.1) is 5.92 Å². The number of hydrogen-bond donors (Lipinski definition) is 2. The van der Waals surface area contributed by atoms with Crippen molar-refractivity contribution in [3.63, 3.8) is 0 Å². The number of pyridine rings is 1. The normalized spacial score (nSPS) is 17.0. The van der Waals surface area contributed by atoms with Crippen molar-refractivity contribution in [2.45, 2.75) is 39.8 Å². The molecule has 1 aromatic rings. The predicted octanol–water partition coefficient (Wildman–Crippen LogP) is 1.89. The van der Waals surface area contributed by atoms with Crippen molar-refractivity contribution in [2.75, 3.05) is 46.5 Å². The Labute approximate surface area is 163 Å². The average Bonchev–Trinajstić information content (AvgIpc) is 2.69. The average molecular weight is 378 g/mol. The number of morpholine rings is 1. The Hall–Kier alpha value is -1.86. The van der Waals surface area contributed by atoms with E-state index >= 15 is 0 Å². The lowest BCUT2D eigenvalue weighted by molar-refractivity contribution is 0.0132. The summed E-state index contributed by atoms with van der Waals surface area (Å²) < 4.78 is 11.1. The lowest BCUT2D eigenvalue weighted by Gasteiger charge is -2.35. The minimum Gasteiger partial charge on any atom is -0.478 e. The first-order valence-corrected chi connectivity index (χ1v) is 9.97. The smallest absolute Gasteiger partial charge is 0.218 e. The molecule has 1 atom stereocenters. The molecular weight excluding hydrogens is 342 g/mol. The van der Waals surface area contributed by atoms with Crippen molar-refractivity contribution in [3.8, 4) is 5.88 Å². The number of aromatic nitrogens is 1. The van der Waals surface area contributed by atoms with Crippen molar-refractivity contribution in [1.29, 1.82) is 0 Å². The Balaban J connectivity index is 1.89.